The van der Waals surface area contributed by atoms with E-state index in [-0.39, 0.29) is 24.2 Å². The minimum Gasteiger partial charge on any atom is -0.484 e. The van der Waals surface area contributed by atoms with Gasteiger partial charge in [-0.2, -0.15) is 0 Å². The van der Waals surface area contributed by atoms with E-state index in [9.17, 15) is 14.0 Å². The van der Waals surface area contributed by atoms with Crippen LogP contribution >= 0.6 is 0 Å². The first-order valence-corrected chi connectivity index (χ1v) is 9.41. The highest BCUT2D eigenvalue weighted by Crippen LogP contribution is 2.14. The van der Waals surface area contributed by atoms with Crippen molar-refractivity contribution in [3.8, 4) is 5.75 Å². The molecule has 0 radical (unpaired) electrons. The number of hydrogen-bond donors (Lipinski definition) is 1. The summed E-state index contributed by atoms with van der Waals surface area (Å²) in [6.07, 6.45) is 0.817. The minimum atomic E-state index is -0.642. The summed E-state index contributed by atoms with van der Waals surface area (Å²) in [4.78, 5) is 26.8. The van der Waals surface area contributed by atoms with Gasteiger partial charge in [0, 0.05) is 13.1 Å². The van der Waals surface area contributed by atoms with Crippen LogP contribution in [-0.2, 0) is 16.1 Å². The van der Waals surface area contributed by atoms with E-state index < -0.39 is 6.04 Å². The molecule has 2 amide bonds. The normalized spacial score (nSPS) is 11.6. The third kappa shape index (κ3) is 6.37. The van der Waals surface area contributed by atoms with E-state index in [2.05, 4.69) is 5.32 Å². The van der Waals surface area contributed by atoms with E-state index in [4.69, 9.17) is 4.74 Å². The molecule has 0 spiro atoms. The van der Waals surface area contributed by atoms with Gasteiger partial charge in [0.25, 0.3) is 5.91 Å². The van der Waals surface area contributed by atoms with E-state index in [0.29, 0.717) is 18.8 Å². The third-order valence-electron chi connectivity index (χ3n) is 4.33. The largest absolute Gasteiger partial charge is 0.484 e. The maximum absolute atomic E-state index is 13.0. The molecular formula is C22H27FN2O3. The molecule has 2 aromatic rings. The van der Waals surface area contributed by atoms with Gasteiger partial charge in [0.15, 0.2) is 6.61 Å². The highest BCUT2D eigenvalue weighted by Gasteiger charge is 2.26. The summed E-state index contributed by atoms with van der Waals surface area (Å²) in [5.74, 6) is -0.496. The molecule has 0 aliphatic rings. The van der Waals surface area contributed by atoms with E-state index >= 15 is 0 Å². The fourth-order valence-electron chi connectivity index (χ4n) is 2.74. The number of hydrogen-bond acceptors (Lipinski definition) is 3. The summed E-state index contributed by atoms with van der Waals surface area (Å²) in [7, 11) is 0. The Balaban J connectivity index is 2.12. The van der Waals surface area contributed by atoms with Crippen molar-refractivity contribution < 1.29 is 18.7 Å². The summed E-state index contributed by atoms with van der Waals surface area (Å²) in [5.41, 5.74) is 2.01. The fraction of sp³-hybridized carbons (Fsp3) is 0.364. The molecule has 0 fully saturated rings. The van der Waals surface area contributed by atoms with Crippen LogP contribution in [0.25, 0.3) is 0 Å². The summed E-state index contributed by atoms with van der Waals surface area (Å²) in [6.45, 7) is 6.27. The average molecular weight is 386 g/mol. The second-order valence-electron chi connectivity index (χ2n) is 6.72. The third-order valence-corrected chi connectivity index (χ3v) is 4.33. The predicted molar refractivity (Wildman–Crippen MR) is 106 cm³/mol. The highest BCUT2D eigenvalue weighted by molar-refractivity contribution is 5.87. The lowest BCUT2D eigenvalue weighted by molar-refractivity contribution is -0.142. The topological polar surface area (TPSA) is 58.6 Å². The Bertz CT molecular complexity index is 793. The molecule has 2 aromatic carbocycles. The smallest absolute Gasteiger partial charge is 0.261 e. The van der Waals surface area contributed by atoms with Crippen LogP contribution in [0.1, 0.15) is 31.4 Å². The summed E-state index contributed by atoms with van der Waals surface area (Å²) >= 11 is 0. The summed E-state index contributed by atoms with van der Waals surface area (Å²) < 4.78 is 18.5. The first-order chi connectivity index (χ1) is 13.4. The van der Waals surface area contributed by atoms with Gasteiger partial charge in [-0.05, 0) is 50.1 Å². The molecule has 150 valence electrons. The van der Waals surface area contributed by atoms with Gasteiger partial charge in [-0.25, -0.2) is 4.39 Å². The average Bonchev–Trinajstić information content (AvgIpc) is 2.69. The Labute approximate surface area is 165 Å². The van der Waals surface area contributed by atoms with E-state index in [0.717, 1.165) is 17.5 Å². The zero-order valence-electron chi connectivity index (χ0n) is 16.6. The number of amides is 2. The number of aryl methyl sites for hydroxylation is 1. The first kappa shape index (κ1) is 21.4. The van der Waals surface area contributed by atoms with Crippen LogP contribution in [0.3, 0.4) is 0 Å². The van der Waals surface area contributed by atoms with E-state index in [1.807, 2.05) is 38.1 Å². The van der Waals surface area contributed by atoms with Gasteiger partial charge in [-0.15, -0.1) is 0 Å². The van der Waals surface area contributed by atoms with Gasteiger partial charge >= 0.3 is 0 Å². The number of nitrogens with zero attached hydrogens (tertiary/aromatic N) is 1. The minimum absolute atomic E-state index is 0.204. The quantitative estimate of drug-likeness (QED) is 0.718. The first-order valence-electron chi connectivity index (χ1n) is 9.41. The molecule has 5 nitrogen and oxygen atoms in total. The van der Waals surface area contributed by atoms with Gasteiger partial charge in [0.1, 0.15) is 17.6 Å². The number of ether oxygens (including phenoxy) is 1. The monoisotopic (exact) mass is 386 g/mol. The van der Waals surface area contributed by atoms with Crippen LogP contribution in [0.4, 0.5) is 4.39 Å². The van der Waals surface area contributed by atoms with Crippen molar-refractivity contribution in [1.82, 2.24) is 10.2 Å². The number of rotatable bonds is 9. The SMILES string of the molecule is CCCNC(=O)C(C)N(Cc1cccc(C)c1)C(=O)COc1ccc(F)cc1. The van der Waals surface area contributed by atoms with Crippen molar-refractivity contribution in [1.29, 1.82) is 0 Å². The van der Waals surface area contributed by atoms with Crippen LogP contribution < -0.4 is 10.1 Å². The van der Waals surface area contributed by atoms with E-state index in [1.54, 1.807) is 6.92 Å². The Hall–Kier alpha value is -2.89. The maximum atomic E-state index is 13.0. The number of nitrogens with one attached hydrogen (secondary N) is 1. The Morgan fingerprint density at radius 1 is 1.18 bits per heavy atom. The number of carbonyl (C=O) groups is 2. The second kappa shape index (κ2) is 10.4. The molecule has 0 aliphatic carbocycles. The zero-order chi connectivity index (χ0) is 20.5. The van der Waals surface area contributed by atoms with Crippen molar-refractivity contribution in [2.45, 2.75) is 39.8 Å². The molecule has 0 bridgehead atoms. The van der Waals surface area contributed by atoms with Crippen LogP contribution in [0.2, 0.25) is 0 Å². The van der Waals surface area contributed by atoms with Crippen molar-refractivity contribution in [3.05, 3.63) is 65.5 Å². The Morgan fingerprint density at radius 2 is 1.89 bits per heavy atom. The zero-order valence-corrected chi connectivity index (χ0v) is 16.6. The van der Waals surface area contributed by atoms with E-state index in [1.165, 1.54) is 29.2 Å². The van der Waals surface area contributed by atoms with Gasteiger partial charge < -0.3 is 15.0 Å². The van der Waals surface area contributed by atoms with Gasteiger partial charge in [0.2, 0.25) is 5.91 Å². The fourth-order valence-corrected chi connectivity index (χ4v) is 2.74. The number of carbonyl (C=O) groups excluding carboxylic acids is 2. The predicted octanol–water partition coefficient (Wildman–Crippen LogP) is 3.46. The van der Waals surface area contributed by atoms with Crippen LogP contribution in [0, 0.1) is 12.7 Å². The molecule has 0 aromatic heterocycles. The van der Waals surface area contributed by atoms with Crippen molar-refractivity contribution >= 4 is 11.8 Å². The molecule has 0 saturated heterocycles. The standard InChI is InChI=1S/C22H27FN2O3/c1-4-12-24-22(27)17(3)25(14-18-7-5-6-16(2)13-18)21(26)15-28-20-10-8-19(23)9-11-20/h5-11,13,17H,4,12,14-15H2,1-3H3,(H,24,27). The molecule has 28 heavy (non-hydrogen) atoms. The molecule has 6 heteroatoms. The molecule has 0 heterocycles. The van der Waals surface area contributed by atoms with Gasteiger partial charge in [-0.1, -0.05) is 36.8 Å². The number of benzene rings is 2. The Morgan fingerprint density at radius 3 is 2.54 bits per heavy atom. The molecule has 1 unspecified atom stereocenters. The van der Waals surface area contributed by atoms with Crippen molar-refractivity contribution in [2.24, 2.45) is 0 Å². The molecule has 0 aliphatic heterocycles. The van der Waals surface area contributed by atoms with Crippen molar-refractivity contribution in [2.75, 3.05) is 13.2 Å². The Kier molecular flexibility index (Phi) is 7.99. The van der Waals surface area contributed by atoms with Crippen LogP contribution in [-0.4, -0.2) is 35.9 Å². The second-order valence-corrected chi connectivity index (χ2v) is 6.72. The maximum Gasteiger partial charge on any atom is 0.261 e. The van der Waals surface area contributed by atoms with Crippen LogP contribution in [0.5, 0.6) is 5.75 Å². The molecule has 2 rings (SSSR count). The summed E-state index contributed by atoms with van der Waals surface area (Å²) in [6, 6.07) is 12.6. The van der Waals surface area contributed by atoms with Gasteiger partial charge in [-0.3, -0.25) is 9.59 Å². The molecule has 0 saturated carbocycles. The lowest BCUT2D eigenvalue weighted by atomic mass is 10.1. The number of halogens is 1. The molecular weight excluding hydrogens is 359 g/mol. The van der Waals surface area contributed by atoms with Crippen molar-refractivity contribution in [3.63, 3.8) is 0 Å². The van der Waals surface area contributed by atoms with Gasteiger partial charge in [0.05, 0.1) is 0 Å². The lowest BCUT2D eigenvalue weighted by Gasteiger charge is -2.28. The highest BCUT2D eigenvalue weighted by atomic mass is 19.1. The molecule has 1 atom stereocenters. The molecule has 1 N–H and O–H groups in total. The summed E-state index contributed by atoms with van der Waals surface area (Å²) in [5, 5.41) is 2.83. The lowest BCUT2D eigenvalue weighted by Crippen LogP contribution is -2.49. The van der Waals surface area contributed by atoms with Crippen LogP contribution in [0.15, 0.2) is 48.5 Å².